The standard InChI is InChI=1S/C8H15N3/c1-2-4-9-7(3-1)8-10-5-6-11-8/h7,9H,1-6H2,(H,10,11). The van der Waals surface area contributed by atoms with Crippen LogP contribution in [-0.2, 0) is 0 Å². The fourth-order valence-corrected chi connectivity index (χ4v) is 1.73. The Bertz CT molecular complexity index is 159. The summed E-state index contributed by atoms with van der Waals surface area (Å²) >= 11 is 0. The minimum atomic E-state index is 0.534. The van der Waals surface area contributed by atoms with E-state index < -0.39 is 0 Å². The monoisotopic (exact) mass is 153 g/mol. The Labute approximate surface area is 67.3 Å². The molecule has 0 radical (unpaired) electrons. The van der Waals surface area contributed by atoms with Gasteiger partial charge in [0.15, 0.2) is 0 Å². The van der Waals surface area contributed by atoms with Crippen LogP contribution in [0.4, 0.5) is 0 Å². The highest BCUT2D eigenvalue weighted by Crippen LogP contribution is 2.08. The summed E-state index contributed by atoms with van der Waals surface area (Å²) < 4.78 is 0. The maximum absolute atomic E-state index is 4.40. The first kappa shape index (κ1) is 7.10. The SMILES string of the molecule is C1CCC(C2=NCCN2)NC1. The Hall–Kier alpha value is -0.570. The van der Waals surface area contributed by atoms with Crippen molar-refractivity contribution in [3.05, 3.63) is 0 Å². The number of rotatable bonds is 1. The van der Waals surface area contributed by atoms with Gasteiger partial charge in [-0.3, -0.25) is 4.99 Å². The van der Waals surface area contributed by atoms with Crippen LogP contribution in [0.15, 0.2) is 4.99 Å². The highest BCUT2D eigenvalue weighted by atomic mass is 15.1. The average molecular weight is 153 g/mol. The summed E-state index contributed by atoms with van der Waals surface area (Å²) in [7, 11) is 0. The van der Waals surface area contributed by atoms with Gasteiger partial charge in [0.2, 0.25) is 0 Å². The second kappa shape index (κ2) is 3.22. The van der Waals surface area contributed by atoms with E-state index in [4.69, 9.17) is 0 Å². The average Bonchev–Trinajstić information content (AvgIpc) is 2.58. The zero-order valence-corrected chi connectivity index (χ0v) is 6.77. The molecule has 11 heavy (non-hydrogen) atoms. The normalized spacial score (nSPS) is 31.3. The van der Waals surface area contributed by atoms with Gasteiger partial charge >= 0.3 is 0 Å². The molecule has 2 aliphatic heterocycles. The van der Waals surface area contributed by atoms with Crippen LogP contribution < -0.4 is 10.6 Å². The lowest BCUT2D eigenvalue weighted by atomic mass is 10.0. The van der Waals surface area contributed by atoms with E-state index in [-0.39, 0.29) is 0 Å². The summed E-state index contributed by atoms with van der Waals surface area (Å²) in [5, 5.41) is 6.78. The second-order valence-corrected chi connectivity index (χ2v) is 3.20. The van der Waals surface area contributed by atoms with Crippen LogP contribution >= 0.6 is 0 Å². The summed E-state index contributed by atoms with van der Waals surface area (Å²) in [6, 6.07) is 0.534. The van der Waals surface area contributed by atoms with Crippen molar-refractivity contribution < 1.29 is 0 Å². The van der Waals surface area contributed by atoms with Crippen LogP contribution in [0.5, 0.6) is 0 Å². The van der Waals surface area contributed by atoms with Gasteiger partial charge in [-0.05, 0) is 19.4 Å². The Morgan fingerprint density at radius 3 is 2.91 bits per heavy atom. The molecule has 1 saturated heterocycles. The van der Waals surface area contributed by atoms with E-state index >= 15 is 0 Å². The molecule has 3 nitrogen and oxygen atoms in total. The molecule has 2 N–H and O–H groups in total. The van der Waals surface area contributed by atoms with E-state index in [1.165, 1.54) is 25.1 Å². The van der Waals surface area contributed by atoms with Gasteiger partial charge in [0.1, 0.15) is 5.84 Å². The second-order valence-electron chi connectivity index (χ2n) is 3.20. The van der Waals surface area contributed by atoms with Gasteiger partial charge in [-0.1, -0.05) is 6.42 Å². The fraction of sp³-hybridized carbons (Fsp3) is 0.875. The molecule has 0 amide bonds. The molecule has 2 heterocycles. The van der Waals surface area contributed by atoms with Gasteiger partial charge in [0.25, 0.3) is 0 Å². The maximum atomic E-state index is 4.40. The van der Waals surface area contributed by atoms with Crippen LogP contribution in [0.2, 0.25) is 0 Å². The van der Waals surface area contributed by atoms with E-state index in [9.17, 15) is 0 Å². The lowest BCUT2D eigenvalue weighted by molar-refractivity contribution is 0.467. The Kier molecular flexibility index (Phi) is 2.08. The third-order valence-corrected chi connectivity index (χ3v) is 2.34. The summed E-state index contributed by atoms with van der Waals surface area (Å²) in [5.41, 5.74) is 0. The van der Waals surface area contributed by atoms with Crippen molar-refractivity contribution in [2.75, 3.05) is 19.6 Å². The molecule has 62 valence electrons. The van der Waals surface area contributed by atoms with Crippen LogP contribution in [0.1, 0.15) is 19.3 Å². The van der Waals surface area contributed by atoms with Gasteiger partial charge in [-0.2, -0.15) is 0 Å². The molecule has 0 bridgehead atoms. The largest absolute Gasteiger partial charge is 0.371 e. The molecule has 0 aromatic rings. The fourth-order valence-electron chi connectivity index (χ4n) is 1.73. The van der Waals surface area contributed by atoms with Crippen LogP contribution in [-0.4, -0.2) is 31.5 Å². The quantitative estimate of drug-likeness (QED) is 0.562. The number of nitrogens with zero attached hydrogens (tertiary/aromatic N) is 1. The molecule has 1 unspecified atom stereocenters. The number of nitrogens with one attached hydrogen (secondary N) is 2. The van der Waals surface area contributed by atoms with E-state index in [0.717, 1.165) is 19.6 Å². The van der Waals surface area contributed by atoms with Crippen LogP contribution in [0.3, 0.4) is 0 Å². The lowest BCUT2D eigenvalue weighted by Crippen LogP contribution is -2.44. The third-order valence-electron chi connectivity index (χ3n) is 2.34. The molecule has 2 aliphatic rings. The summed E-state index contributed by atoms with van der Waals surface area (Å²) in [5.74, 6) is 1.20. The number of piperidine rings is 1. The van der Waals surface area contributed by atoms with Crippen molar-refractivity contribution in [1.29, 1.82) is 0 Å². The van der Waals surface area contributed by atoms with Crippen LogP contribution in [0, 0.1) is 0 Å². The van der Waals surface area contributed by atoms with Crippen molar-refractivity contribution >= 4 is 5.84 Å². The van der Waals surface area contributed by atoms with E-state index in [1.54, 1.807) is 0 Å². The molecule has 0 spiro atoms. The summed E-state index contributed by atoms with van der Waals surface area (Å²) in [4.78, 5) is 4.40. The molecule has 0 aliphatic carbocycles. The van der Waals surface area contributed by atoms with Gasteiger partial charge in [0.05, 0.1) is 12.6 Å². The number of aliphatic imine (C=N–C) groups is 1. The van der Waals surface area contributed by atoms with E-state index in [0.29, 0.717) is 6.04 Å². The predicted octanol–water partition coefficient (Wildman–Crippen LogP) is 0.130. The molecule has 0 saturated carbocycles. The lowest BCUT2D eigenvalue weighted by Gasteiger charge is -2.23. The smallest absolute Gasteiger partial charge is 0.114 e. The Morgan fingerprint density at radius 1 is 1.27 bits per heavy atom. The first-order valence-corrected chi connectivity index (χ1v) is 4.48. The molecule has 2 rings (SSSR count). The van der Waals surface area contributed by atoms with Crippen molar-refractivity contribution in [3.8, 4) is 0 Å². The maximum Gasteiger partial charge on any atom is 0.114 e. The van der Waals surface area contributed by atoms with Gasteiger partial charge in [-0.15, -0.1) is 0 Å². The third kappa shape index (κ3) is 1.53. The molecule has 0 aromatic carbocycles. The molecule has 1 atom stereocenters. The van der Waals surface area contributed by atoms with Crippen molar-refractivity contribution in [3.63, 3.8) is 0 Å². The van der Waals surface area contributed by atoms with Gasteiger partial charge in [-0.25, -0.2) is 0 Å². The number of hydrogen-bond donors (Lipinski definition) is 2. The van der Waals surface area contributed by atoms with Gasteiger partial charge in [0, 0.05) is 6.54 Å². The highest BCUT2D eigenvalue weighted by molar-refractivity contribution is 5.88. The number of amidine groups is 1. The Morgan fingerprint density at radius 2 is 2.27 bits per heavy atom. The molecular weight excluding hydrogens is 138 g/mol. The first-order chi connectivity index (χ1) is 5.47. The number of hydrogen-bond acceptors (Lipinski definition) is 3. The molecule has 0 aromatic heterocycles. The zero-order chi connectivity index (χ0) is 7.52. The van der Waals surface area contributed by atoms with E-state index in [2.05, 4.69) is 15.6 Å². The first-order valence-electron chi connectivity index (χ1n) is 4.48. The summed E-state index contributed by atoms with van der Waals surface area (Å²) in [6.45, 7) is 3.16. The van der Waals surface area contributed by atoms with E-state index in [1.807, 2.05) is 0 Å². The topological polar surface area (TPSA) is 36.4 Å². The molecule has 3 heteroatoms. The predicted molar refractivity (Wildman–Crippen MR) is 45.9 cm³/mol. The molecule has 1 fully saturated rings. The van der Waals surface area contributed by atoms with Crippen molar-refractivity contribution in [2.24, 2.45) is 4.99 Å². The molecular formula is C8H15N3. The van der Waals surface area contributed by atoms with Crippen molar-refractivity contribution in [2.45, 2.75) is 25.3 Å². The van der Waals surface area contributed by atoms with Gasteiger partial charge < -0.3 is 10.6 Å². The minimum absolute atomic E-state index is 0.534. The summed E-state index contributed by atoms with van der Waals surface area (Å²) in [6.07, 6.45) is 3.92. The van der Waals surface area contributed by atoms with Crippen molar-refractivity contribution in [1.82, 2.24) is 10.6 Å². The van der Waals surface area contributed by atoms with Crippen LogP contribution in [0.25, 0.3) is 0 Å². The zero-order valence-electron chi connectivity index (χ0n) is 6.77. The minimum Gasteiger partial charge on any atom is -0.371 e. The Balaban J connectivity index is 1.92. The highest BCUT2D eigenvalue weighted by Gasteiger charge is 2.19.